The number of carbonyl (C=O) groups excluding carboxylic acids is 2. The third-order valence-electron chi connectivity index (χ3n) is 6.61. The smallest absolute Gasteiger partial charge is 0.295 e. The quantitative estimate of drug-likeness (QED) is 0.326. The maximum atomic E-state index is 13.3. The van der Waals surface area contributed by atoms with Crippen molar-refractivity contribution in [2.24, 2.45) is 0 Å². The lowest BCUT2D eigenvalue weighted by molar-refractivity contribution is -0.140. The maximum absolute atomic E-state index is 13.3. The van der Waals surface area contributed by atoms with Crippen molar-refractivity contribution in [1.29, 1.82) is 0 Å². The van der Waals surface area contributed by atoms with E-state index in [1.165, 1.54) is 0 Å². The summed E-state index contributed by atoms with van der Waals surface area (Å²) in [4.78, 5) is 32.4. The molecule has 0 aromatic heterocycles. The Morgan fingerprint density at radius 2 is 1.81 bits per heavy atom. The molecule has 1 amide bonds. The van der Waals surface area contributed by atoms with Crippen molar-refractivity contribution in [3.05, 3.63) is 65.2 Å². The molecule has 8 nitrogen and oxygen atoms in total. The molecule has 0 spiro atoms. The highest BCUT2D eigenvalue weighted by Gasteiger charge is 2.46. The average Bonchev–Trinajstić information content (AvgIpc) is 3.16. The Morgan fingerprint density at radius 1 is 1.08 bits per heavy atom. The van der Waals surface area contributed by atoms with Gasteiger partial charge in [-0.1, -0.05) is 31.2 Å². The highest BCUT2D eigenvalue weighted by atomic mass is 16.5. The van der Waals surface area contributed by atoms with E-state index in [1.54, 1.807) is 23.1 Å². The number of ether oxygens (including phenoxy) is 2. The molecule has 1 unspecified atom stereocenters. The summed E-state index contributed by atoms with van der Waals surface area (Å²) in [5.41, 5.74) is 2.34. The van der Waals surface area contributed by atoms with Crippen molar-refractivity contribution in [2.75, 3.05) is 65.0 Å². The first-order valence-corrected chi connectivity index (χ1v) is 12.5. The average molecular weight is 494 g/mol. The maximum Gasteiger partial charge on any atom is 0.295 e. The van der Waals surface area contributed by atoms with Gasteiger partial charge in [0.05, 0.1) is 31.4 Å². The van der Waals surface area contributed by atoms with Crippen molar-refractivity contribution >= 4 is 23.1 Å². The Bertz CT molecular complexity index is 1110. The van der Waals surface area contributed by atoms with E-state index in [0.29, 0.717) is 44.2 Å². The third-order valence-corrected chi connectivity index (χ3v) is 6.61. The highest BCUT2D eigenvalue weighted by molar-refractivity contribution is 6.46. The van der Waals surface area contributed by atoms with Crippen LogP contribution < -0.4 is 9.64 Å². The van der Waals surface area contributed by atoms with Gasteiger partial charge in [0.2, 0.25) is 0 Å². The molecule has 2 heterocycles. The van der Waals surface area contributed by atoms with Gasteiger partial charge >= 0.3 is 0 Å². The molecule has 0 aliphatic carbocycles. The number of aliphatic hydroxyl groups excluding tert-OH is 1. The van der Waals surface area contributed by atoms with Crippen LogP contribution in [0.25, 0.3) is 5.76 Å². The van der Waals surface area contributed by atoms with Gasteiger partial charge in [0.15, 0.2) is 0 Å². The molecule has 2 saturated heterocycles. The van der Waals surface area contributed by atoms with E-state index >= 15 is 0 Å². The first-order valence-electron chi connectivity index (χ1n) is 12.5. The standard InChI is InChI=1S/C28H35N3O5/c1-4-16-36-23-7-5-6-21(19-23)26(32)24-25(20-8-10-22(11-9-20)29(2)3)31(28(34)27(24)33)13-12-30-14-17-35-18-15-30/h5-11,19,25,32H,4,12-18H2,1-3H3. The number of nitrogens with zero attached hydrogens (tertiary/aromatic N) is 3. The number of hydrogen-bond donors (Lipinski definition) is 1. The van der Waals surface area contributed by atoms with Gasteiger partial charge < -0.3 is 24.4 Å². The molecule has 0 saturated carbocycles. The Balaban J connectivity index is 1.72. The number of benzene rings is 2. The number of aliphatic hydroxyl groups is 1. The van der Waals surface area contributed by atoms with Crippen LogP contribution in [-0.2, 0) is 14.3 Å². The predicted octanol–water partition coefficient (Wildman–Crippen LogP) is 3.30. The summed E-state index contributed by atoms with van der Waals surface area (Å²) < 4.78 is 11.1. The fraction of sp³-hybridized carbons (Fsp3) is 0.429. The summed E-state index contributed by atoms with van der Waals surface area (Å²) in [7, 11) is 3.91. The van der Waals surface area contributed by atoms with Gasteiger partial charge in [-0.05, 0) is 36.2 Å². The second-order valence-corrected chi connectivity index (χ2v) is 9.31. The van der Waals surface area contributed by atoms with Crippen LogP contribution in [0.15, 0.2) is 54.1 Å². The summed E-state index contributed by atoms with van der Waals surface area (Å²) >= 11 is 0. The fourth-order valence-electron chi connectivity index (χ4n) is 4.59. The molecule has 2 fully saturated rings. The number of hydrogen-bond acceptors (Lipinski definition) is 7. The molecule has 0 radical (unpaired) electrons. The number of Topliss-reactive ketones (excluding diaryl/α,β-unsaturated/α-hetero) is 1. The largest absolute Gasteiger partial charge is 0.507 e. The van der Waals surface area contributed by atoms with E-state index in [9.17, 15) is 14.7 Å². The number of morpholine rings is 1. The number of anilines is 1. The Hall–Kier alpha value is -3.36. The van der Waals surface area contributed by atoms with Crippen LogP contribution in [0.1, 0.15) is 30.5 Å². The van der Waals surface area contributed by atoms with Gasteiger partial charge in [0.1, 0.15) is 11.5 Å². The fourth-order valence-corrected chi connectivity index (χ4v) is 4.59. The zero-order valence-corrected chi connectivity index (χ0v) is 21.3. The molecule has 192 valence electrons. The first kappa shape index (κ1) is 25.7. The van der Waals surface area contributed by atoms with E-state index in [4.69, 9.17) is 9.47 Å². The number of ketones is 1. The SMILES string of the molecule is CCCOc1cccc(C(O)=C2C(=O)C(=O)N(CCN3CCOCC3)C2c2ccc(N(C)C)cc2)c1. The highest BCUT2D eigenvalue weighted by Crippen LogP contribution is 2.40. The van der Waals surface area contributed by atoms with Gasteiger partial charge in [0.25, 0.3) is 11.7 Å². The molecule has 8 heteroatoms. The molecule has 2 aromatic rings. The Labute approximate surface area is 212 Å². The molecule has 2 aliphatic rings. The summed E-state index contributed by atoms with van der Waals surface area (Å²) in [6.45, 7) is 6.46. The molecular formula is C28H35N3O5. The lowest BCUT2D eigenvalue weighted by Crippen LogP contribution is -2.42. The van der Waals surface area contributed by atoms with Crippen LogP contribution in [-0.4, -0.2) is 86.7 Å². The zero-order valence-electron chi connectivity index (χ0n) is 21.3. The predicted molar refractivity (Wildman–Crippen MR) is 139 cm³/mol. The third kappa shape index (κ3) is 5.55. The van der Waals surface area contributed by atoms with Crippen molar-refractivity contribution in [1.82, 2.24) is 9.80 Å². The second-order valence-electron chi connectivity index (χ2n) is 9.31. The second kappa shape index (κ2) is 11.6. The van der Waals surface area contributed by atoms with Crippen LogP contribution in [0.3, 0.4) is 0 Å². The number of amides is 1. The summed E-state index contributed by atoms with van der Waals surface area (Å²) in [6.07, 6.45) is 0.855. The first-order chi connectivity index (χ1) is 17.4. The minimum atomic E-state index is -0.678. The van der Waals surface area contributed by atoms with E-state index in [1.807, 2.05) is 56.3 Å². The van der Waals surface area contributed by atoms with Crippen LogP contribution in [0.2, 0.25) is 0 Å². The summed E-state index contributed by atoms with van der Waals surface area (Å²) in [6, 6.07) is 14.1. The van der Waals surface area contributed by atoms with Gasteiger partial charge in [-0.3, -0.25) is 14.5 Å². The van der Waals surface area contributed by atoms with Crippen molar-refractivity contribution in [2.45, 2.75) is 19.4 Å². The molecule has 2 aliphatic heterocycles. The van der Waals surface area contributed by atoms with Gasteiger partial charge in [-0.15, -0.1) is 0 Å². The minimum absolute atomic E-state index is 0.104. The lowest BCUT2D eigenvalue weighted by Gasteiger charge is -2.31. The number of likely N-dealkylation sites (tertiary alicyclic amines) is 1. The van der Waals surface area contributed by atoms with Crippen molar-refractivity contribution in [3.8, 4) is 5.75 Å². The molecule has 4 rings (SSSR count). The molecular weight excluding hydrogens is 458 g/mol. The van der Waals surface area contributed by atoms with E-state index in [0.717, 1.165) is 30.8 Å². The van der Waals surface area contributed by atoms with E-state index in [-0.39, 0.29) is 11.3 Å². The van der Waals surface area contributed by atoms with Gasteiger partial charge in [0, 0.05) is 51.5 Å². The monoisotopic (exact) mass is 493 g/mol. The molecule has 1 N–H and O–H groups in total. The molecule has 36 heavy (non-hydrogen) atoms. The Kier molecular flexibility index (Phi) is 8.28. The molecule has 2 aromatic carbocycles. The van der Waals surface area contributed by atoms with Crippen molar-refractivity contribution < 1.29 is 24.2 Å². The lowest BCUT2D eigenvalue weighted by atomic mass is 9.95. The van der Waals surface area contributed by atoms with Crippen LogP contribution in [0.4, 0.5) is 5.69 Å². The summed E-state index contributed by atoms with van der Waals surface area (Å²) in [5.74, 6) is -0.846. The zero-order chi connectivity index (χ0) is 25.7. The topological polar surface area (TPSA) is 82.5 Å². The number of carbonyl (C=O) groups is 2. The molecule has 0 bridgehead atoms. The van der Waals surface area contributed by atoms with E-state index in [2.05, 4.69) is 4.90 Å². The Morgan fingerprint density at radius 3 is 2.47 bits per heavy atom. The van der Waals surface area contributed by atoms with Crippen molar-refractivity contribution in [3.63, 3.8) is 0 Å². The normalized spacial score (nSPS) is 20.1. The summed E-state index contributed by atoms with van der Waals surface area (Å²) in [5, 5.41) is 11.4. The minimum Gasteiger partial charge on any atom is -0.507 e. The van der Waals surface area contributed by atoms with E-state index < -0.39 is 17.7 Å². The van der Waals surface area contributed by atoms with Gasteiger partial charge in [-0.25, -0.2) is 0 Å². The number of rotatable bonds is 9. The molecule has 1 atom stereocenters. The van der Waals surface area contributed by atoms with Gasteiger partial charge in [-0.2, -0.15) is 0 Å². The van der Waals surface area contributed by atoms with Crippen LogP contribution >= 0.6 is 0 Å². The van der Waals surface area contributed by atoms with Crippen LogP contribution in [0, 0.1) is 0 Å². The van der Waals surface area contributed by atoms with Crippen LogP contribution in [0.5, 0.6) is 5.75 Å².